The molecule has 32 heavy (non-hydrogen) atoms. The molecule has 0 spiro atoms. The highest BCUT2D eigenvalue weighted by molar-refractivity contribution is 4.96. The second kappa shape index (κ2) is 22.1. The first kappa shape index (κ1) is 29.4. The van der Waals surface area contributed by atoms with E-state index in [1.165, 1.54) is 154 Å². The molecule has 0 aromatic heterocycles. The molecule has 0 aliphatic carbocycles. The van der Waals surface area contributed by atoms with Gasteiger partial charge in [0.15, 0.2) is 0 Å². The third-order valence-corrected chi connectivity index (χ3v) is 7.32. The minimum atomic E-state index is 0.644. The van der Waals surface area contributed by atoms with Crippen LogP contribution in [0.4, 0.5) is 0 Å². The fourth-order valence-corrected chi connectivity index (χ4v) is 5.10. The number of rotatable bonds is 24. The van der Waals surface area contributed by atoms with Crippen LogP contribution < -0.4 is 0 Å². The first-order chi connectivity index (χ1) is 15.8. The highest BCUT2D eigenvalue weighted by Gasteiger charge is 2.24. The number of hydrogen-bond donors (Lipinski definition) is 0. The zero-order valence-corrected chi connectivity index (χ0v) is 22.6. The first-order valence-electron chi connectivity index (χ1n) is 15.0. The monoisotopic (exact) mass is 448 g/mol. The summed E-state index contributed by atoms with van der Waals surface area (Å²) in [6, 6.07) is 0. The Morgan fingerprint density at radius 1 is 0.406 bits per heavy atom. The lowest BCUT2D eigenvalue weighted by Crippen LogP contribution is -2.39. The van der Waals surface area contributed by atoms with E-state index in [9.17, 15) is 0 Å². The van der Waals surface area contributed by atoms with Crippen molar-refractivity contribution in [2.75, 3.05) is 13.1 Å². The van der Waals surface area contributed by atoms with Gasteiger partial charge >= 0.3 is 0 Å². The summed E-state index contributed by atoms with van der Waals surface area (Å²) in [5, 5.41) is 0. The summed E-state index contributed by atoms with van der Waals surface area (Å²) < 4.78 is 0. The Balaban J connectivity index is 2.02. The normalized spacial score (nSPS) is 15.9. The van der Waals surface area contributed by atoms with Gasteiger partial charge in [-0.25, -0.2) is 0 Å². The lowest BCUT2D eigenvalue weighted by Gasteiger charge is -2.33. The van der Waals surface area contributed by atoms with Crippen LogP contribution in [0, 0.1) is 0 Å². The van der Waals surface area contributed by atoms with Gasteiger partial charge in [-0.05, 0) is 25.7 Å². The average molecular weight is 449 g/mol. The van der Waals surface area contributed by atoms with Crippen LogP contribution in [-0.2, 0) is 0 Å². The van der Waals surface area contributed by atoms with Crippen molar-refractivity contribution in [3.05, 3.63) is 12.4 Å². The lowest BCUT2D eigenvalue weighted by atomic mass is 10.0. The number of unbranched alkanes of at least 4 members (excludes halogenated alkanes) is 18. The van der Waals surface area contributed by atoms with E-state index < -0.39 is 0 Å². The second-order valence-corrected chi connectivity index (χ2v) is 10.4. The van der Waals surface area contributed by atoms with E-state index in [2.05, 4.69) is 43.0 Å². The van der Waals surface area contributed by atoms with E-state index in [1.54, 1.807) is 0 Å². The Morgan fingerprint density at radius 2 is 0.750 bits per heavy atom. The topological polar surface area (TPSA) is 6.48 Å². The third-order valence-electron chi connectivity index (χ3n) is 7.32. The van der Waals surface area contributed by atoms with E-state index in [1.807, 2.05) is 0 Å². The zero-order chi connectivity index (χ0) is 23.1. The van der Waals surface area contributed by atoms with Crippen molar-refractivity contribution < 1.29 is 0 Å². The molecule has 0 amide bonds. The van der Waals surface area contributed by atoms with Gasteiger partial charge in [0.2, 0.25) is 0 Å². The van der Waals surface area contributed by atoms with E-state index >= 15 is 0 Å². The molecule has 0 radical (unpaired) electrons. The summed E-state index contributed by atoms with van der Waals surface area (Å²) in [6.45, 7) is 9.41. The maximum Gasteiger partial charge on any atom is 0.101 e. The van der Waals surface area contributed by atoms with Gasteiger partial charge in [-0.3, -0.25) is 0 Å². The lowest BCUT2D eigenvalue weighted by molar-refractivity contribution is 0.136. The molecule has 0 fully saturated rings. The summed E-state index contributed by atoms with van der Waals surface area (Å²) in [5.74, 6) is 0. The van der Waals surface area contributed by atoms with E-state index in [0.717, 1.165) is 0 Å². The molecule has 0 saturated heterocycles. The number of hydrogen-bond acceptors (Lipinski definition) is 2. The molecule has 190 valence electrons. The maximum absolute atomic E-state index is 2.65. The molecular formula is C30H60N2. The van der Waals surface area contributed by atoms with Crippen LogP contribution in [0.3, 0.4) is 0 Å². The molecule has 1 atom stereocenters. The van der Waals surface area contributed by atoms with Crippen LogP contribution >= 0.6 is 0 Å². The van der Waals surface area contributed by atoms with Gasteiger partial charge < -0.3 is 9.80 Å². The Hall–Kier alpha value is -0.660. The van der Waals surface area contributed by atoms with E-state index in [0.29, 0.717) is 6.17 Å². The Labute approximate surface area is 203 Å². The van der Waals surface area contributed by atoms with Crippen LogP contribution in [0.1, 0.15) is 162 Å². The minimum absolute atomic E-state index is 0.644. The summed E-state index contributed by atoms with van der Waals surface area (Å²) in [4.78, 5) is 5.28. The predicted molar refractivity (Wildman–Crippen MR) is 145 cm³/mol. The van der Waals surface area contributed by atoms with Crippen molar-refractivity contribution in [2.45, 2.75) is 168 Å². The van der Waals surface area contributed by atoms with Gasteiger partial charge in [-0.2, -0.15) is 0 Å². The average Bonchev–Trinajstić information content (AvgIpc) is 3.19. The van der Waals surface area contributed by atoms with Crippen LogP contribution in [0.5, 0.6) is 0 Å². The molecule has 0 aromatic rings. The molecule has 1 heterocycles. The second-order valence-electron chi connectivity index (χ2n) is 10.4. The fraction of sp³-hybridized carbons (Fsp3) is 0.933. The minimum Gasteiger partial charge on any atom is -0.356 e. The molecule has 0 aromatic carbocycles. The molecule has 2 heteroatoms. The standard InChI is InChI=1S/C30H60N2/c1-4-7-10-12-13-14-15-16-17-18-19-20-21-22-23-25-30-31(26-9-6-3)28-29-32(30)27-24-11-8-5-2/h28-30H,4-27H2,1-3H3. The molecule has 1 aliphatic heterocycles. The largest absolute Gasteiger partial charge is 0.356 e. The van der Waals surface area contributed by atoms with Crippen molar-refractivity contribution in [1.29, 1.82) is 0 Å². The Bertz CT molecular complexity index is 406. The van der Waals surface area contributed by atoms with Gasteiger partial charge in [-0.1, -0.05) is 136 Å². The number of nitrogens with zero attached hydrogens (tertiary/aromatic N) is 2. The van der Waals surface area contributed by atoms with Crippen LogP contribution in [-0.4, -0.2) is 29.1 Å². The fourth-order valence-electron chi connectivity index (χ4n) is 5.10. The Kier molecular flexibility index (Phi) is 20.3. The molecule has 2 nitrogen and oxygen atoms in total. The molecule has 1 rings (SSSR count). The predicted octanol–water partition coefficient (Wildman–Crippen LogP) is 10.0. The Morgan fingerprint density at radius 3 is 1.19 bits per heavy atom. The van der Waals surface area contributed by atoms with E-state index in [4.69, 9.17) is 0 Å². The van der Waals surface area contributed by atoms with Crippen molar-refractivity contribution in [1.82, 2.24) is 9.80 Å². The third kappa shape index (κ3) is 15.2. The van der Waals surface area contributed by atoms with E-state index in [-0.39, 0.29) is 0 Å². The summed E-state index contributed by atoms with van der Waals surface area (Å²) in [6.07, 6.45) is 36.6. The van der Waals surface area contributed by atoms with Gasteiger partial charge in [0.05, 0.1) is 0 Å². The first-order valence-corrected chi connectivity index (χ1v) is 15.0. The molecule has 1 aliphatic rings. The van der Waals surface area contributed by atoms with Gasteiger partial charge in [0.1, 0.15) is 6.17 Å². The van der Waals surface area contributed by atoms with Crippen molar-refractivity contribution >= 4 is 0 Å². The zero-order valence-electron chi connectivity index (χ0n) is 22.6. The van der Waals surface area contributed by atoms with Gasteiger partial charge in [0, 0.05) is 25.5 Å². The summed E-state index contributed by atoms with van der Waals surface area (Å²) >= 11 is 0. The smallest absolute Gasteiger partial charge is 0.101 e. The maximum atomic E-state index is 2.65. The summed E-state index contributed by atoms with van der Waals surface area (Å²) in [5.41, 5.74) is 0. The van der Waals surface area contributed by atoms with Crippen molar-refractivity contribution in [3.63, 3.8) is 0 Å². The quantitative estimate of drug-likeness (QED) is 0.135. The van der Waals surface area contributed by atoms with Crippen molar-refractivity contribution in [3.8, 4) is 0 Å². The van der Waals surface area contributed by atoms with Crippen LogP contribution in [0.2, 0.25) is 0 Å². The van der Waals surface area contributed by atoms with Crippen LogP contribution in [0.15, 0.2) is 12.4 Å². The molecule has 0 N–H and O–H groups in total. The molecule has 0 saturated carbocycles. The molecular weight excluding hydrogens is 388 g/mol. The van der Waals surface area contributed by atoms with Crippen LogP contribution in [0.25, 0.3) is 0 Å². The van der Waals surface area contributed by atoms with Gasteiger partial charge in [0.25, 0.3) is 0 Å². The highest BCUT2D eigenvalue weighted by atomic mass is 15.4. The van der Waals surface area contributed by atoms with Crippen molar-refractivity contribution in [2.24, 2.45) is 0 Å². The molecule has 1 unspecified atom stereocenters. The van der Waals surface area contributed by atoms with Gasteiger partial charge in [-0.15, -0.1) is 0 Å². The summed E-state index contributed by atoms with van der Waals surface area (Å²) in [7, 11) is 0. The SMILES string of the molecule is CCCCCCCCCCCCCCCCCC1N(CCCC)C=CN1CCCCCC. The molecule has 0 bridgehead atoms. The highest BCUT2D eigenvalue weighted by Crippen LogP contribution is 2.23.